The van der Waals surface area contributed by atoms with E-state index in [0.717, 1.165) is 6.42 Å². The minimum Gasteiger partial charge on any atom is -0.301 e. The van der Waals surface area contributed by atoms with E-state index in [9.17, 15) is 0 Å². The van der Waals surface area contributed by atoms with E-state index in [0.29, 0.717) is 17.9 Å². The monoisotopic (exact) mass is 251 g/mol. The van der Waals surface area contributed by atoms with Crippen LogP contribution in [0.5, 0.6) is 0 Å². The molecule has 0 amide bonds. The molecular formula is C15H29N3. The van der Waals surface area contributed by atoms with Crippen molar-refractivity contribution in [2.75, 3.05) is 33.2 Å². The first kappa shape index (κ1) is 15.5. The summed E-state index contributed by atoms with van der Waals surface area (Å²) in [4.78, 5) is 5.04. The Bertz CT molecular complexity index is 278. The lowest BCUT2D eigenvalue weighted by Crippen LogP contribution is -2.52. The summed E-state index contributed by atoms with van der Waals surface area (Å²) in [7, 11) is 2.21. The van der Waals surface area contributed by atoms with E-state index in [1.54, 1.807) is 0 Å². The zero-order valence-corrected chi connectivity index (χ0v) is 12.6. The van der Waals surface area contributed by atoms with Gasteiger partial charge in [0.05, 0.1) is 6.07 Å². The molecule has 0 radical (unpaired) electrons. The summed E-state index contributed by atoms with van der Waals surface area (Å²) in [5.74, 6) is 0. The third kappa shape index (κ3) is 3.96. The second kappa shape index (κ2) is 7.11. The van der Waals surface area contributed by atoms with Crippen molar-refractivity contribution in [3.05, 3.63) is 0 Å². The maximum atomic E-state index is 8.83. The standard InChI is InChI=1S/C15H29N3/c1-5-15(6-2,8-7-9-16)13-18-11-10-17(4)14(3)12-18/h14H,5-8,10-13H2,1-4H3. The molecule has 0 N–H and O–H groups in total. The van der Waals surface area contributed by atoms with Gasteiger partial charge < -0.3 is 4.90 Å². The predicted molar refractivity (Wildman–Crippen MR) is 76.4 cm³/mol. The molecule has 3 nitrogen and oxygen atoms in total. The molecule has 18 heavy (non-hydrogen) atoms. The van der Waals surface area contributed by atoms with E-state index in [-0.39, 0.29) is 0 Å². The van der Waals surface area contributed by atoms with Crippen molar-refractivity contribution in [1.29, 1.82) is 5.26 Å². The molecule has 0 aromatic carbocycles. The number of nitriles is 1. The molecule has 1 aliphatic heterocycles. The molecule has 1 fully saturated rings. The third-order valence-corrected chi connectivity index (χ3v) is 4.87. The van der Waals surface area contributed by atoms with E-state index in [2.05, 4.69) is 43.7 Å². The molecular weight excluding hydrogens is 222 g/mol. The molecule has 1 rings (SSSR count). The van der Waals surface area contributed by atoms with Gasteiger partial charge in [-0.15, -0.1) is 0 Å². The lowest BCUT2D eigenvalue weighted by Gasteiger charge is -2.43. The highest BCUT2D eigenvalue weighted by Crippen LogP contribution is 2.33. The highest BCUT2D eigenvalue weighted by molar-refractivity contribution is 4.87. The second-order valence-electron chi connectivity index (χ2n) is 5.93. The van der Waals surface area contributed by atoms with Crippen LogP contribution in [0.15, 0.2) is 0 Å². The van der Waals surface area contributed by atoms with Gasteiger partial charge in [-0.05, 0) is 38.6 Å². The molecule has 0 bridgehead atoms. The van der Waals surface area contributed by atoms with Crippen LogP contribution in [0.25, 0.3) is 0 Å². The molecule has 1 aliphatic rings. The molecule has 0 aliphatic carbocycles. The fourth-order valence-electron chi connectivity index (χ4n) is 2.97. The molecule has 3 heteroatoms. The van der Waals surface area contributed by atoms with Crippen LogP contribution in [0.4, 0.5) is 0 Å². The van der Waals surface area contributed by atoms with Crippen LogP contribution >= 0.6 is 0 Å². The summed E-state index contributed by atoms with van der Waals surface area (Å²) in [6, 6.07) is 2.97. The molecule has 0 spiro atoms. The fraction of sp³-hybridized carbons (Fsp3) is 0.933. The van der Waals surface area contributed by atoms with Gasteiger partial charge in [0.2, 0.25) is 0 Å². The Labute approximate surface area is 113 Å². The van der Waals surface area contributed by atoms with E-state index >= 15 is 0 Å². The first-order valence-electron chi connectivity index (χ1n) is 7.36. The number of nitrogens with zero attached hydrogens (tertiary/aromatic N) is 3. The highest BCUT2D eigenvalue weighted by atomic mass is 15.3. The number of hydrogen-bond acceptors (Lipinski definition) is 3. The molecule has 104 valence electrons. The summed E-state index contributed by atoms with van der Waals surface area (Å²) in [5, 5.41) is 8.83. The van der Waals surface area contributed by atoms with E-state index < -0.39 is 0 Å². The zero-order chi connectivity index (χ0) is 13.6. The van der Waals surface area contributed by atoms with Crippen molar-refractivity contribution in [3.8, 4) is 6.07 Å². The van der Waals surface area contributed by atoms with Crippen LogP contribution in [0.3, 0.4) is 0 Å². The minimum absolute atomic E-state index is 0.353. The molecule has 1 heterocycles. The molecule has 1 atom stereocenters. The van der Waals surface area contributed by atoms with Crippen LogP contribution < -0.4 is 0 Å². The Morgan fingerprint density at radius 1 is 1.28 bits per heavy atom. The Morgan fingerprint density at radius 3 is 2.44 bits per heavy atom. The van der Waals surface area contributed by atoms with Gasteiger partial charge in [0, 0.05) is 38.6 Å². The highest BCUT2D eigenvalue weighted by Gasteiger charge is 2.31. The van der Waals surface area contributed by atoms with Crippen LogP contribution in [0.2, 0.25) is 0 Å². The van der Waals surface area contributed by atoms with Crippen LogP contribution in [-0.4, -0.2) is 49.1 Å². The number of likely N-dealkylation sites (N-methyl/N-ethyl adjacent to an activating group) is 1. The predicted octanol–water partition coefficient (Wildman–Crippen LogP) is 2.73. The van der Waals surface area contributed by atoms with Crippen molar-refractivity contribution in [2.24, 2.45) is 5.41 Å². The summed E-state index contributed by atoms with van der Waals surface area (Å²) in [5.41, 5.74) is 0.353. The van der Waals surface area contributed by atoms with Gasteiger partial charge in [-0.25, -0.2) is 0 Å². The third-order valence-electron chi connectivity index (χ3n) is 4.87. The zero-order valence-electron chi connectivity index (χ0n) is 12.6. The minimum atomic E-state index is 0.353. The molecule has 0 aromatic rings. The van der Waals surface area contributed by atoms with Crippen LogP contribution in [0.1, 0.15) is 46.5 Å². The number of rotatable bonds is 6. The lowest BCUT2D eigenvalue weighted by molar-refractivity contribution is 0.0569. The Morgan fingerprint density at radius 2 is 1.94 bits per heavy atom. The van der Waals surface area contributed by atoms with Gasteiger partial charge in [-0.3, -0.25) is 4.90 Å². The SMILES string of the molecule is CCC(CC)(CCC#N)CN1CCN(C)C(C)C1. The Hall–Kier alpha value is -0.590. The second-order valence-corrected chi connectivity index (χ2v) is 5.93. The van der Waals surface area contributed by atoms with Crippen molar-refractivity contribution in [3.63, 3.8) is 0 Å². The van der Waals surface area contributed by atoms with Crippen LogP contribution in [0, 0.1) is 16.7 Å². The smallest absolute Gasteiger partial charge is 0.0621 e. The summed E-state index contributed by atoms with van der Waals surface area (Å²) in [6.45, 7) is 11.5. The largest absolute Gasteiger partial charge is 0.301 e. The normalized spacial score (nSPS) is 22.9. The van der Waals surface area contributed by atoms with Gasteiger partial charge in [0.25, 0.3) is 0 Å². The molecule has 1 unspecified atom stereocenters. The number of hydrogen-bond donors (Lipinski definition) is 0. The first-order valence-corrected chi connectivity index (χ1v) is 7.36. The topological polar surface area (TPSA) is 30.3 Å². The molecule has 0 saturated carbocycles. The van der Waals surface area contributed by atoms with Gasteiger partial charge in [-0.2, -0.15) is 5.26 Å². The van der Waals surface area contributed by atoms with Crippen LogP contribution in [-0.2, 0) is 0 Å². The van der Waals surface area contributed by atoms with Crippen molar-refractivity contribution < 1.29 is 0 Å². The van der Waals surface area contributed by atoms with E-state index in [1.807, 2.05) is 0 Å². The number of piperazine rings is 1. The van der Waals surface area contributed by atoms with Gasteiger partial charge in [0.15, 0.2) is 0 Å². The molecule has 0 aromatic heterocycles. The fourth-order valence-corrected chi connectivity index (χ4v) is 2.97. The summed E-state index contributed by atoms with van der Waals surface area (Å²) in [6.07, 6.45) is 4.12. The van der Waals surface area contributed by atoms with Crippen molar-refractivity contribution in [1.82, 2.24) is 9.80 Å². The first-order chi connectivity index (χ1) is 8.56. The van der Waals surface area contributed by atoms with Gasteiger partial charge >= 0.3 is 0 Å². The lowest BCUT2D eigenvalue weighted by atomic mass is 9.77. The Balaban J connectivity index is 2.58. The van der Waals surface area contributed by atoms with Crippen molar-refractivity contribution in [2.45, 2.75) is 52.5 Å². The average Bonchev–Trinajstić information content (AvgIpc) is 2.39. The van der Waals surface area contributed by atoms with E-state index in [1.165, 1.54) is 39.0 Å². The van der Waals surface area contributed by atoms with Gasteiger partial charge in [0.1, 0.15) is 0 Å². The van der Waals surface area contributed by atoms with E-state index in [4.69, 9.17) is 5.26 Å². The van der Waals surface area contributed by atoms with Crippen molar-refractivity contribution >= 4 is 0 Å². The summed E-state index contributed by atoms with van der Waals surface area (Å²) < 4.78 is 0. The quantitative estimate of drug-likeness (QED) is 0.727. The average molecular weight is 251 g/mol. The summed E-state index contributed by atoms with van der Waals surface area (Å²) >= 11 is 0. The maximum Gasteiger partial charge on any atom is 0.0621 e. The molecule has 1 saturated heterocycles. The maximum absolute atomic E-state index is 8.83. The van der Waals surface area contributed by atoms with Gasteiger partial charge in [-0.1, -0.05) is 13.8 Å². The Kier molecular flexibility index (Phi) is 6.11.